The zero-order chi connectivity index (χ0) is 11.7. The highest BCUT2D eigenvalue weighted by molar-refractivity contribution is 5.98. The fraction of sp³-hybridized carbons (Fsp3) is 0.143. The summed E-state index contributed by atoms with van der Waals surface area (Å²) in [7, 11) is 0. The molecule has 0 radical (unpaired) electrons. The van der Waals surface area contributed by atoms with Crippen LogP contribution in [0.4, 0.5) is 0 Å². The van der Waals surface area contributed by atoms with Crippen LogP contribution >= 0.6 is 0 Å². The summed E-state index contributed by atoms with van der Waals surface area (Å²) in [6.07, 6.45) is 1.75. The maximum absolute atomic E-state index is 12.1. The molecule has 1 aliphatic heterocycles. The number of carbonyl (C=O) groups excluding carboxylic acids is 1. The average Bonchev–Trinajstić information content (AvgIpc) is 2.68. The van der Waals surface area contributed by atoms with Crippen LogP contribution in [0.2, 0.25) is 0 Å². The highest BCUT2D eigenvalue weighted by Gasteiger charge is 2.26. The number of amides is 1. The van der Waals surface area contributed by atoms with Gasteiger partial charge in [-0.15, -0.1) is 0 Å². The number of hydrogen-bond donors (Lipinski definition) is 0. The molecule has 3 heteroatoms. The van der Waals surface area contributed by atoms with E-state index in [4.69, 9.17) is 0 Å². The van der Waals surface area contributed by atoms with Crippen LogP contribution < -0.4 is 0 Å². The number of benzene rings is 1. The van der Waals surface area contributed by atoms with Gasteiger partial charge in [-0.05, 0) is 23.8 Å². The summed E-state index contributed by atoms with van der Waals surface area (Å²) in [4.78, 5) is 18.2. The molecule has 1 amide bonds. The monoisotopic (exact) mass is 224 g/mol. The lowest BCUT2D eigenvalue weighted by Crippen LogP contribution is -2.23. The lowest BCUT2D eigenvalue weighted by Gasteiger charge is -2.14. The van der Waals surface area contributed by atoms with E-state index in [9.17, 15) is 4.79 Å². The maximum Gasteiger partial charge on any atom is 0.254 e. The van der Waals surface area contributed by atoms with Crippen LogP contribution in [-0.4, -0.2) is 15.8 Å². The van der Waals surface area contributed by atoms with Gasteiger partial charge in [-0.2, -0.15) is 0 Å². The molecule has 3 nitrogen and oxygen atoms in total. The third kappa shape index (κ3) is 1.80. The van der Waals surface area contributed by atoms with Crippen LogP contribution in [0.1, 0.15) is 21.6 Å². The number of carbonyl (C=O) groups is 1. The Morgan fingerprint density at radius 1 is 1.12 bits per heavy atom. The molecule has 0 atom stereocenters. The summed E-state index contributed by atoms with van der Waals surface area (Å²) < 4.78 is 0. The molecule has 1 aliphatic rings. The van der Waals surface area contributed by atoms with Crippen molar-refractivity contribution in [3.05, 3.63) is 65.5 Å². The van der Waals surface area contributed by atoms with Gasteiger partial charge in [0.25, 0.3) is 5.91 Å². The van der Waals surface area contributed by atoms with E-state index in [2.05, 4.69) is 4.98 Å². The van der Waals surface area contributed by atoms with Crippen molar-refractivity contribution >= 4 is 5.91 Å². The van der Waals surface area contributed by atoms with Gasteiger partial charge in [-0.25, -0.2) is 0 Å². The van der Waals surface area contributed by atoms with E-state index in [1.54, 1.807) is 6.20 Å². The van der Waals surface area contributed by atoms with Crippen LogP contribution in [0.5, 0.6) is 0 Å². The summed E-state index contributed by atoms with van der Waals surface area (Å²) in [5.74, 6) is 0.103. The molecule has 1 aromatic carbocycles. The molecule has 3 rings (SSSR count). The largest absolute Gasteiger partial charge is 0.328 e. The predicted molar refractivity (Wildman–Crippen MR) is 64.3 cm³/mol. The zero-order valence-electron chi connectivity index (χ0n) is 9.34. The summed E-state index contributed by atoms with van der Waals surface area (Å²) in [6.45, 7) is 1.26. The van der Waals surface area contributed by atoms with Crippen molar-refractivity contribution in [1.82, 2.24) is 9.88 Å². The zero-order valence-corrected chi connectivity index (χ0v) is 9.34. The van der Waals surface area contributed by atoms with Crippen molar-refractivity contribution in [2.75, 3.05) is 0 Å². The van der Waals surface area contributed by atoms with Gasteiger partial charge < -0.3 is 4.90 Å². The van der Waals surface area contributed by atoms with Crippen LogP contribution in [0.25, 0.3) is 0 Å². The first kappa shape index (κ1) is 10.0. The minimum Gasteiger partial charge on any atom is -0.328 e. The second-order valence-corrected chi connectivity index (χ2v) is 4.14. The number of hydrogen-bond acceptors (Lipinski definition) is 2. The summed E-state index contributed by atoms with van der Waals surface area (Å²) in [5, 5.41) is 0. The third-order valence-corrected chi connectivity index (χ3v) is 2.98. The molecule has 17 heavy (non-hydrogen) atoms. The summed E-state index contributed by atoms with van der Waals surface area (Å²) in [5.41, 5.74) is 2.85. The van der Waals surface area contributed by atoms with Crippen LogP contribution in [-0.2, 0) is 13.1 Å². The molecule has 0 saturated carbocycles. The molecule has 0 unspecified atom stereocenters. The molecule has 2 heterocycles. The van der Waals surface area contributed by atoms with Crippen LogP contribution in [0, 0.1) is 0 Å². The van der Waals surface area contributed by atoms with Crippen molar-refractivity contribution in [2.45, 2.75) is 13.1 Å². The van der Waals surface area contributed by atoms with Crippen molar-refractivity contribution < 1.29 is 4.79 Å². The lowest BCUT2D eigenvalue weighted by molar-refractivity contribution is 0.0764. The van der Waals surface area contributed by atoms with Gasteiger partial charge in [0.05, 0.1) is 12.2 Å². The smallest absolute Gasteiger partial charge is 0.254 e. The van der Waals surface area contributed by atoms with Crippen molar-refractivity contribution in [3.63, 3.8) is 0 Å². The van der Waals surface area contributed by atoms with E-state index >= 15 is 0 Å². The molecule has 0 fully saturated rings. The number of pyridine rings is 1. The minimum atomic E-state index is 0.103. The number of rotatable bonds is 2. The first-order valence-corrected chi connectivity index (χ1v) is 5.62. The molecule has 2 aromatic rings. The Morgan fingerprint density at radius 3 is 2.71 bits per heavy atom. The number of nitrogens with zero attached hydrogens (tertiary/aromatic N) is 2. The third-order valence-electron chi connectivity index (χ3n) is 2.98. The molecule has 0 N–H and O–H groups in total. The van der Waals surface area contributed by atoms with Gasteiger partial charge in [0, 0.05) is 18.3 Å². The van der Waals surface area contributed by atoms with Crippen LogP contribution in [0.15, 0.2) is 48.7 Å². The molecule has 1 aromatic heterocycles. The van der Waals surface area contributed by atoms with Gasteiger partial charge in [0.1, 0.15) is 0 Å². The SMILES string of the molecule is O=C1c2ccccc2CN1Cc1ccccn1. The standard InChI is InChI=1S/C14H12N2O/c17-14-13-7-2-1-5-11(13)9-16(14)10-12-6-3-4-8-15-12/h1-8H,9-10H2. The highest BCUT2D eigenvalue weighted by atomic mass is 16.2. The first-order valence-electron chi connectivity index (χ1n) is 5.62. The molecule has 0 saturated heterocycles. The topological polar surface area (TPSA) is 33.2 Å². The highest BCUT2D eigenvalue weighted by Crippen LogP contribution is 2.23. The lowest BCUT2D eigenvalue weighted by atomic mass is 10.1. The van der Waals surface area contributed by atoms with E-state index in [1.807, 2.05) is 47.4 Å². The fourth-order valence-electron chi connectivity index (χ4n) is 2.13. The maximum atomic E-state index is 12.1. The Morgan fingerprint density at radius 2 is 1.94 bits per heavy atom. The van der Waals surface area contributed by atoms with E-state index in [0.717, 1.165) is 16.8 Å². The van der Waals surface area contributed by atoms with Gasteiger partial charge >= 0.3 is 0 Å². The molecular formula is C14H12N2O. The molecule has 0 spiro atoms. The Labute approximate surface area is 99.7 Å². The van der Waals surface area contributed by atoms with E-state index in [-0.39, 0.29) is 5.91 Å². The minimum absolute atomic E-state index is 0.103. The quantitative estimate of drug-likeness (QED) is 0.783. The average molecular weight is 224 g/mol. The Balaban J connectivity index is 1.83. The molecule has 0 bridgehead atoms. The van der Waals surface area contributed by atoms with Crippen molar-refractivity contribution in [2.24, 2.45) is 0 Å². The molecule has 84 valence electrons. The number of aromatic nitrogens is 1. The van der Waals surface area contributed by atoms with E-state index in [1.165, 1.54) is 0 Å². The second kappa shape index (κ2) is 4.01. The van der Waals surface area contributed by atoms with Gasteiger partial charge in [0.2, 0.25) is 0 Å². The predicted octanol–water partition coefficient (Wildman–Crippen LogP) is 2.24. The van der Waals surface area contributed by atoms with Gasteiger partial charge in [-0.3, -0.25) is 9.78 Å². The second-order valence-electron chi connectivity index (χ2n) is 4.14. The van der Waals surface area contributed by atoms with Crippen molar-refractivity contribution in [1.29, 1.82) is 0 Å². The Kier molecular flexibility index (Phi) is 2.37. The van der Waals surface area contributed by atoms with Gasteiger partial charge in [-0.1, -0.05) is 24.3 Å². The first-order chi connectivity index (χ1) is 8.34. The normalized spacial score (nSPS) is 13.9. The molecule has 0 aliphatic carbocycles. The van der Waals surface area contributed by atoms with Crippen molar-refractivity contribution in [3.8, 4) is 0 Å². The summed E-state index contributed by atoms with van der Waals surface area (Å²) in [6, 6.07) is 13.5. The molecular weight excluding hydrogens is 212 g/mol. The number of fused-ring (bicyclic) bond motifs is 1. The Bertz CT molecular complexity index is 551. The van der Waals surface area contributed by atoms with E-state index < -0.39 is 0 Å². The fourth-order valence-corrected chi connectivity index (χ4v) is 2.13. The van der Waals surface area contributed by atoms with Crippen LogP contribution in [0.3, 0.4) is 0 Å². The van der Waals surface area contributed by atoms with E-state index in [0.29, 0.717) is 13.1 Å². The van der Waals surface area contributed by atoms with Gasteiger partial charge in [0.15, 0.2) is 0 Å². The Hall–Kier alpha value is -2.16. The summed E-state index contributed by atoms with van der Waals surface area (Å²) >= 11 is 0.